The molecular weight excluding hydrogens is 240 g/mol. The van der Waals surface area contributed by atoms with Gasteiger partial charge in [0, 0.05) is 12.0 Å². The van der Waals surface area contributed by atoms with Crippen molar-refractivity contribution in [1.82, 2.24) is 15.5 Å². The van der Waals surface area contributed by atoms with Gasteiger partial charge in [-0.2, -0.15) is 4.98 Å². The van der Waals surface area contributed by atoms with Gasteiger partial charge in [-0.05, 0) is 0 Å². The Labute approximate surface area is 102 Å². The summed E-state index contributed by atoms with van der Waals surface area (Å²) in [7, 11) is 0. The van der Waals surface area contributed by atoms with E-state index in [1.54, 1.807) is 0 Å². The first-order chi connectivity index (χ1) is 8.64. The average molecular weight is 251 g/mol. The lowest BCUT2D eigenvalue weighted by Gasteiger charge is -2.04. The van der Waals surface area contributed by atoms with E-state index in [1.165, 1.54) is 0 Å². The highest BCUT2D eigenvalue weighted by atomic mass is 19.3. The number of hydrogen-bond donors (Lipinski definition) is 1. The second kappa shape index (κ2) is 4.13. The molecule has 1 atom stereocenters. The normalized spacial score (nSPS) is 22.2. The van der Waals surface area contributed by atoms with Crippen molar-refractivity contribution in [3.8, 4) is 11.4 Å². The van der Waals surface area contributed by atoms with Crippen molar-refractivity contribution in [1.29, 1.82) is 0 Å². The van der Waals surface area contributed by atoms with Crippen LogP contribution in [0.1, 0.15) is 18.4 Å². The fraction of sp³-hybridized carbons (Fsp3) is 0.333. The van der Waals surface area contributed by atoms with Crippen LogP contribution in [0.4, 0.5) is 8.78 Å². The van der Waals surface area contributed by atoms with Crippen molar-refractivity contribution in [3.05, 3.63) is 36.2 Å². The molecule has 1 N–H and O–H groups in total. The number of nitrogens with zero attached hydrogens (tertiary/aromatic N) is 2. The van der Waals surface area contributed by atoms with Crippen LogP contribution in [-0.4, -0.2) is 22.6 Å². The van der Waals surface area contributed by atoms with Crippen molar-refractivity contribution in [2.75, 3.05) is 6.54 Å². The Morgan fingerprint density at radius 2 is 2.06 bits per heavy atom. The molecule has 94 valence electrons. The second-order valence-electron chi connectivity index (χ2n) is 4.32. The maximum absolute atomic E-state index is 13.1. The van der Waals surface area contributed by atoms with Gasteiger partial charge < -0.3 is 4.52 Å². The van der Waals surface area contributed by atoms with Crippen LogP contribution in [0.2, 0.25) is 0 Å². The zero-order chi connectivity index (χ0) is 12.6. The van der Waals surface area contributed by atoms with Gasteiger partial charge in [0.1, 0.15) is 0 Å². The summed E-state index contributed by atoms with van der Waals surface area (Å²) in [6.45, 7) is -0.347. The molecule has 1 aromatic heterocycles. The summed E-state index contributed by atoms with van der Waals surface area (Å²) in [5.74, 6) is -2.07. The predicted molar refractivity (Wildman–Crippen MR) is 60.0 cm³/mol. The van der Waals surface area contributed by atoms with Gasteiger partial charge >= 0.3 is 0 Å². The first-order valence-electron chi connectivity index (χ1n) is 5.64. The highest BCUT2D eigenvalue weighted by molar-refractivity contribution is 5.53. The summed E-state index contributed by atoms with van der Waals surface area (Å²) < 4.78 is 31.2. The zero-order valence-electron chi connectivity index (χ0n) is 9.44. The fourth-order valence-electron chi connectivity index (χ4n) is 1.97. The third-order valence-electron chi connectivity index (χ3n) is 2.88. The Morgan fingerprint density at radius 3 is 2.72 bits per heavy atom. The molecule has 1 aliphatic rings. The van der Waals surface area contributed by atoms with Gasteiger partial charge in [-0.3, -0.25) is 5.32 Å². The minimum Gasteiger partial charge on any atom is -0.337 e. The Morgan fingerprint density at radius 1 is 1.28 bits per heavy atom. The van der Waals surface area contributed by atoms with E-state index < -0.39 is 12.0 Å². The Kier molecular flexibility index (Phi) is 2.59. The molecule has 0 unspecified atom stereocenters. The molecule has 0 radical (unpaired) electrons. The van der Waals surface area contributed by atoms with Crippen LogP contribution in [0, 0.1) is 0 Å². The number of hydrogen-bond acceptors (Lipinski definition) is 4. The summed E-state index contributed by atoms with van der Waals surface area (Å²) in [6.07, 6.45) is -0.302. The van der Waals surface area contributed by atoms with Gasteiger partial charge in [0.15, 0.2) is 0 Å². The third-order valence-corrected chi connectivity index (χ3v) is 2.88. The molecule has 1 fully saturated rings. The monoisotopic (exact) mass is 251 g/mol. The molecule has 18 heavy (non-hydrogen) atoms. The van der Waals surface area contributed by atoms with Crippen molar-refractivity contribution in [2.45, 2.75) is 18.4 Å². The molecule has 4 nitrogen and oxygen atoms in total. The molecule has 6 heteroatoms. The third kappa shape index (κ3) is 2.11. The van der Waals surface area contributed by atoms with Crippen molar-refractivity contribution < 1.29 is 13.3 Å². The molecule has 0 spiro atoms. The second-order valence-corrected chi connectivity index (χ2v) is 4.32. The van der Waals surface area contributed by atoms with Crippen molar-refractivity contribution >= 4 is 0 Å². The van der Waals surface area contributed by atoms with Crippen molar-refractivity contribution in [3.63, 3.8) is 0 Å². The van der Waals surface area contributed by atoms with Gasteiger partial charge in [-0.15, -0.1) is 0 Å². The first kappa shape index (κ1) is 11.3. The van der Waals surface area contributed by atoms with E-state index in [2.05, 4.69) is 15.5 Å². The van der Waals surface area contributed by atoms with Crippen LogP contribution in [0.15, 0.2) is 34.9 Å². The minimum absolute atomic E-state index is 0.214. The van der Waals surface area contributed by atoms with Crippen LogP contribution < -0.4 is 5.32 Å². The molecule has 1 saturated heterocycles. The van der Waals surface area contributed by atoms with E-state index in [0.717, 1.165) is 5.56 Å². The van der Waals surface area contributed by atoms with E-state index in [1.807, 2.05) is 30.3 Å². The van der Waals surface area contributed by atoms with Gasteiger partial charge in [0.05, 0.1) is 12.6 Å². The van der Waals surface area contributed by atoms with Crippen LogP contribution >= 0.6 is 0 Å². The lowest BCUT2D eigenvalue weighted by atomic mass is 10.2. The summed E-state index contributed by atoms with van der Waals surface area (Å²) in [5, 5.41) is 6.49. The Balaban J connectivity index is 1.83. The standard InChI is InChI=1S/C12H11F2N3O/c13-12(14)6-9(15-7-12)11-16-10(17-18-11)8-4-2-1-3-5-8/h1-5,9,15H,6-7H2/t9-/m0/s1. The fourth-order valence-corrected chi connectivity index (χ4v) is 1.97. The van der Waals surface area contributed by atoms with E-state index in [-0.39, 0.29) is 18.9 Å². The number of aromatic nitrogens is 2. The van der Waals surface area contributed by atoms with Crippen LogP contribution in [-0.2, 0) is 0 Å². The summed E-state index contributed by atoms with van der Waals surface area (Å²) in [4.78, 5) is 4.15. The first-order valence-corrected chi connectivity index (χ1v) is 5.64. The molecule has 3 rings (SSSR count). The molecule has 2 aromatic rings. The van der Waals surface area contributed by atoms with E-state index >= 15 is 0 Å². The van der Waals surface area contributed by atoms with Crippen LogP contribution in [0.25, 0.3) is 11.4 Å². The van der Waals surface area contributed by atoms with Gasteiger partial charge in [-0.25, -0.2) is 8.78 Å². The highest BCUT2D eigenvalue weighted by Gasteiger charge is 2.42. The SMILES string of the molecule is FC1(F)CN[C@H](c2nc(-c3ccccc3)no2)C1. The number of rotatable bonds is 2. The topological polar surface area (TPSA) is 51.0 Å². The lowest BCUT2D eigenvalue weighted by molar-refractivity contribution is 0.0200. The van der Waals surface area contributed by atoms with E-state index in [4.69, 9.17) is 4.52 Å². The number of alkyl halides is 2. The largest absolute Gasteiger partial charge is 0.337 e. The number of benzene rings is 1. The Bertz CT molecular complexity index is 541. The predicted octanol–water partition coefficient (Wildman–Crippen LogP) is 2.41. The van der Waals surface area contributed by atoms with Gasteiger partial charge in [0.25, 0.3) is 5.92 Å². The van der Waals surface area contributed by atoms with E-state index in [0.29, 0.717) is 5.82 Å². The maximum Gasteiger partial charge on any atom is 0.262 e. The molecule has 1 aromatic carbocycles. The minimum atomic E-state index is -2.70. The average Bonchev–Trinajstić information content (AvgIpc) is 2.96. The smallest absolute Gasteiger partial charge is 0.262 e. The molecule has 2 heterocycles. The van der Waals surface area contributed by atoms with Crippen molar-refractivity contribution in [2.24, 2.45) is 0 Å². The summed E-state index contributed by atoms with van der Waals surface area (Å²) >= 11 is 0. The Hall–Kier alpha value is -1.82. The lowest BCUT2D eigenvalue weighted by Crippen LogP contribution is -2.19. The molecule has 1 aliphatic heterocycles. The number of nitrogens with one attached hydrogen (secondary N) is 1. The highest BCUT2D eigenvalue weighted by Crippen LogP contribution is 2.33. The molecular formula is C12H11F2N3O. The molecule has 0 amide bonds. The quantitative estimate of drug-likeness (QED) is 0.890. The molecule has 0 saturated carbocycles. The van der Waals surface area contributed by atoms with E-state index in [9.17, 15) is 8.78 Å². The number of halogens is 2. The van der Waals surface area contributed by atoms with Gasteiger partial charge in [0.2, 0.25) is 11.7 Å². The summed E-state index contributed by atoms with van der Waals surface area (Å²) in [5.41, 5.74) is 0.803. The molecule has 0 bridgehead atoms. The molecule has 0 aliphatic carbocycles. The van der Waals surface area contributed by atoms with Gasteiger partial charge in [-0.1, -0.05) is 35.5 Å². The van der Waals surface area contributed by atoms with Crippen LogP contribution in [0.3, 0.4) is 0 Å². The zero-order valence-corrected chi connectivity index (χ0v) is 9.44. The maximum atomic E-state index is 13.1. The van der Waals surface area contributed by atoms with Crippen LogP contribution in [0.5, 0.6) is 0 Å². The summed E-state index contributed by atoms with van der Waals surface area (Å²) in [6, 6.07) is 8.70.